The third-order valence-electron chi connectivity index (χ3n) is 6.03. The Hall–Kier alpha value is -2.96. The summed E-state index contributed by atoms with van der Waals surface area (Å²) in [6, 6.07) is 7.12. The second kappa shape index (κ2) is 7.58. The summed E-state index contributed by atoms with van der Waals surface area (Å²) in [6.07, 6.45) is 8.14. The number of nitrogens with one attached hydrogen (secondary N) is 1. The molecule has 2 aromatic rings. The number of H-pyrrole nitrogens is 1. The van der Waals surface area contributed by atoms with Crippen LogP contribution in [0.25, 0.3) is 0 Å². The van der Waals surface area contributed by atoms with E-state index in [2.05, 4.69) is 9.97 Å². The largest absolute Gasteiger partial charge is 0.338 e. The van der Waals surface area contributed by atoms with Crippen molar-refractivity contribution in [3.63, 3.8) is 0 Å². The lowest BCUT2D eigenvalue weighted by Crippen LogP contribution is -2.52. The molecule has 0 aliphatic carbocycles. The minimum absolute atomic E-state index is 0.0564. The molecule has 0 radical (unpaired) electrons. The average Bonchev–Trinajstić information content (AvgIpc) is 2.72. The number of amides is 2. The van der Waals surface area contributed by atoms with Gasteiger partial charge in [-0.25, -0.2) is 0 Å². The van der Waals surface area contributed by atoms with Gasteiger partial charge >= 0.3 is 0 Å². The van der Waals surface area contributed by atoms with Crippen molar-refractivity contribution in [1.29, 1.82) is 0 Å². The second-order valence-electron chi connectivity index (χ2n) is 7.81. The molecule has 28 heavy (non-hydrogen) atoms. The first-order valence-electron chi connectivity index (χ1n) is 9.70. The van der Waals surface area contributed by atoms with Gasteiger partial charge in [0.2, 0.25) is 5.91 Å². The zero-order chi connectivity index (χ0) is 19.6. The summed E-state index contributed by atoms with van der Waals surface area (Å²) in [7, 11) is 0. The van der Waals surface area contributed by atoms with Crippen LogP contribution in [0.2, 0.25) is 0 Å². The van der Waals surface area contributed by atoms with Crippen molar-refractivity contribution in [2.24, 2.45) is 5.41 Å². The summed E-state index contributed by atoms with van der Waals surface area (Å²) in [5, 5.41) is 0. The number of piperidine rings is 2. The van der Waals surface area contributed by atoms with Gasteiger partial charge in [0.1, 0.15) is 5.56 Å². The van der Waals surface area contributed by atoms with Crippen molar-refractivity contribution in [3.8, 4) is 0 Å². The van der Waals surface area contributed by atoms with E-state index in [9.17, 15) is 14.4 Å². The zero-order valence-corrected chi connectivity index (χ0v) is 15.8. The molecule has 1 spiro atoms. The monoisotopic (exact) mass is 380 g/mol. The standard InChI is InChI=1S/C21H24N4O3/c26-18-3-6-21(15-25(18)14-16-4-10-22-11-5-16)7-12-24(13-8-21)20(28)17-2-1-9-23-19(17)27/h1-2,4-5,9-11H,3,6-8,12-15H2,(H,23,27). The molecule has 2 saturated heterocycles. The van der Waals surface area contributed by atoms with Crippen LogP contribution in [0.4, 0.5) is 0 Å². The number of likely N-dealkylation sites (tertiary alicyclic amines) is 2. The van der Waals surface area contributed by atoms with Crippen LogP contribution in [-0.2, 0) is 11.3 Å². The summed E-state index contributed by atoms with van der Waals surface area (Å²) in [5.41, 5.74) is 0.980. The Balaban J connectivity index is 1.42. The lowest BCUT2D eigenvalue weighted by molar-refractivity contribution is -0.139. The van der Waals surface area contributed by atoms with Crippen molar-refractivity contribution in [2.45, 2.75) is 32.2 Å². The maximum atomic E-state index is 12.7. The molecule has 146 valence electrons. The van der Waals surface area contributed by atoms with Gasteiger partial charge in [-0.2, -0.15) is 0 Å². The van der Waals surface area contributed by atoms with Crippen LogP contribution in [0.3, 0.4) is 0 Å². The average molecular weight is 380 g/mol. The second-order valence-corrected chi connectivity index (χ2v) is 7.81. The van der Waals surface area contributed by atoms with E-state index in [1.807, 2.05) is 17.0 Å². The quantitative estimate of drug-likeness (QED) is 0.880. The van der Waals surface area contributed by atoms with Crippen LogP contribution >= 0.6 is 0 Å². The molecule has 0 atom stereocenters. The molecular weight excluding hydrogens is 356 g/mol. The predicted octanol–water partition coefficient (Wildman–Crippen LogP) is 1.81. The van der Waals surface area contributed by atoms with Gasteiger partial charge in [0, 0.05) is 51.2 Å². The molecule has 0 bridgehead atoms. The number of hydrogen-bond acceptors (Lipinski definition) is 4. The fourth-order valence-corrected chi connectivity index (χ4v) is 4.31. The van der Waals surface area contributed by atoms with Crippen molar-refractivity contribution >= 4 is 11.8 Å². The van der Waals surface area contributed by atoms with Crippen LogP contribution in [0, 0.1) is 5.41 Å². The Labute approximate surface area is 163 Å². The number of nitrogens with zero attached hydrogens (tertiary/aromatic N) is 3. The van der Waals surface area contributed by atoms with Gasteiger partial charge in [-0.15, -0.1) is 0 Å². The lowest BCUT2D eigenvalue weighted by atomic mass is 9.72. The fraction of sp³-hybridized carbons (Fsp3) is 0.429. The van der Waals surface area contributed by atoms with Gasteiger partial charge in [0.05, 0.1) is 0 Å². The number of aromatic amines is 1. The molecule has 0 aromatic carbocycles. The van der Waals surface area contributed by atoms with Crippen molar-refractivity contribution in [2.75, 3.05) is 19.6 Å². The number of rotatable bonds is 3. The molecule has 2 aliphatic heterocycles. The Kier molecular flexibility index (Phi) is 4.98. The summed E-state index contributed by atoms with van der Waals surface area (Å²) in [4.78, 5) is 47.3. The molecule has 2 amide bonds. The summed E-state index contributed by atoms with van der Waals surface area (Å²) in [6.45, 7) is 2.56. The molecule has 2 aromatic heterocycles. The van der Waals surface area contributed by atoms with E-state index in [0.717, 1.165) is 31.4 Å². The molecule has 4 rings (SSSR count). The highest BCUT2D eigenvalue weighted by Gasteiger charge is 2.41. The highest BCUT2D eigenvalue weighted by Crippen LogP contribution is 2.40. The minimum Gasteiger partial charge on any atom is -0.338 e. The highest BCUT2D eigenvalue weighted by atomic mass is 16.2. The first kappa shape index (κ1) is 18.4. The number of hydrogen-bond donors (Lipinski definition) is 1. The Morgan fingerprint density at radius 1 is 1.11 bits per heavy atom. The van der Waals surface area contributed by atoms with E-state index in [1.165, 1.54) is 6.20 Å². The number of pyridine rings is 2. The molecule has 2 aliphatic rings. The van der Waals surface area contributed by atoms with E-state index in [0.29, 0.717) is 26.1 Å². The van der Waals surface area contributed by atoms with E-state index in [4.69, 9.17) is 0 Å². The lowest BCUT2D eigenvalue weighted by Gasteiger charge is -2.47. The van der Waals surface area contributed by atoms with Crippen LogP contribution in [0.15, 0.2) is 47.7 Å². The Morgan fingerprint density at radius 2 is 1.86 bits per heavy atom. The van der Waals surface area contributed by atoms with Gasteiger partial charge in [0.15, 0.2) is 0 Å². The van der Waals surface area contributed by atoms with Gasteiger partial charge in [-0.1, -0.05) is 0 Å². The summed E-state index contributed by atoms with van der Waals surface area (Å²) in [5.74, 6) is -0.0195. The third-order valence-corrected chi connectivity index (χ3v) is 6.03. The molecule has 7 heteroatoms. The van der Waals surface area contributed by atoms with Crippen LogP contribution in [0.5, 0.6) is 0 Å². The van der Waals surface area contributed by atoms with Crippen LogP contribution in [-0.4, -0.2) is 51.2 Å². The van der Waals surface area contributed by atoms with E-state index < -0.39 is 0 Å². The molecule has 0 saturated carbocycles. The molecule has 1 N–H and O–H groups in total. The van der Waals surface area contributed by atoms with E-state index >= 15 is 0 Å². The molecule has 7 nitrogen and oxygen atoms in total. The van der Waals surface area contributed by atoms with Gasteiger partial charge < -0.3 is 14.8 Å². The van der Waals surface area contributed by atoms with Gasteiger partial charge in [0.25, 0.3) is 11.5 Å². The first-order chi connectivity index (χ1) is 13.6. The molecular formula is C21H24N4O3. The smallest absolute Gasteiger partial charge is 0.260 e. The molecule has 0 unspecified atom stereocenters. The topological polar surface area (TPSA) is 86.4 Å². The highest BCUT2D eigenvalue weighted by molar-refractivity contribution is 5.93. The van der Waals surface area contributed by atoms with Gasteiger partial charge in [-0.3, -0.25) is 19.4 Å². The molecule has 4 heterocycles. The maximum absolute atomic E-state index is 12.7. The third kappa shape index (κ3) is 3.69. The SMILES string of the molecule is O=C1CCC2(CCN(C(=O)c3ccc[nH]c3=O)CC2)CN1Cc1ccncc1. The van der Waals surface area contributed by atoms with E-state index in [-0.39, 0.29) is 28.4 Å². The van der Waals surface area contributed by atoms with Crippen molar-refractivity contribution in [3.05, 3.63) is 64.3 Å². The van der Waals surface area contributed by atoms with Crippen LogP contribution < -0.4 is 5.56 Å². The summed E-state index contributed by atoms with van der Waals surface area (Å²) >= 11 is 0. The fourth-order valence-electron chi connectivity index (χ4n) is 4.31. The minimum atomic E-state index is -0.348. The number of aromatic nitrogens is 2. The zero-order valence-electron chi connectivity index (χ0n) is 15.8. The maximum Gasteiger partial charge on any atom is 0.260 e. The first-order valence-corrected chi connectivity index (χ1v) is 9.70. The predicted molar refractivity (Wildman–Crippen MR) is 104 cm³/mol. The normalized spacial score (nSPS) is 19.1. The van der Waals surface area contributed by atoms with Crippen LogP contribution in [0.1, 0.15) is 41.6 Å². The number of carbonyl (C=O) groups is 2. The molecule has 2 fully saturated rings. The number of carbonyl (C=O) groups excluding carboxylic acids is 2. The Bertz CT molecular complexity index is 917. The van der Waals surface area contributed by atoms with E-state index in [1.54, 1.807) is 29.4 Å². The summed E-state index contributed by atoms with van der Waals surface area (Å²) < 4.78 is 0. The van der Waals surface area contributed by atoms with Gasteiger partial charge in [-0.05, 0) is 54.5 Å². The van der Waals surface area contributed by atoms with Crippen molar-refractivity contribution in [1.82, 2.24) is 19.8 Å². The Morgan fingerprint density at radius 3 is 2.57 bits per heavy atom. The van der Waals surface area contributed by atoms with Crippen molar-refractivity contribution < 1.29 is 9.59 Å².